The lowest BCUT2D eigenvalue weighted by Gasteiger charge is -2.06. The highest BCUT2D eigenvalue weighted by Crippen LogP contribution is 2.16. The number of hydrazone groups is 2. The van der Waals surface area contributed by atoms with Crippen LogP contribution in [0.15, 0.2) is 83.0 Å². The van der Waals surface area contributed by atoms with Gasteiger partial charge in [0.2, 0.25) is 0 Å². The molecule has 0 saturated carbocycles. The molecule has 0 heterocycles. The summed E-state index contributed by atoms with van der Waals surface area (Å²) in [5.41, 5.74) is 8.31. The second-order valence-electron chi connectivity index (χ2n) is 6.81. The third kappa shape index (κ3) is 5.81. The molecule has 0 aliphatic rings. The van der Waals surface area contributed by atoms with Crippen LogP contribution in [0.25, 0.3) is 0 Å². The third-order valence-electron chi connectivity index (χ3n) is 4.59. The zero-order valence-electron chi connectivity index (χ0n) is 17.4. The minimum Gasteiger partial charge on any atom is -0.267 e. The lowest BCUT2D eigenvalue weighted by atomic mass is 10.1. The predicted molar refractivity (Wildman–Crippen MR) is 129 cm³/mol. The van der Waals surface area contributed by atoms with Gasteiger partial charge < -0.3 is 0 Å². The molecule has 0 aromatic heterocycles. The lowest BCUT2D eigenvalue weighted by Crippen LogP contribution is -2.21. The number of amides is 2. The van der Waals surface area contributed by atoms with Crippen molar-refractivity contribution in [1.82, 2.24) is 10.9 Å². The van der Waals surface area contributed by atoms with Gasteiger partial charge in [0.25, 0.3) is 11.8 Å². The van der Waals surface area contributed by atoms with Crippen molar-refractivity contribution in [2.24, 2.45) is 10.2 Å². The molecule has 3 aromatic carbocycles. The van der Waals surface area contributed by atoms with Crippen molar-refractivity contribution in [1.29, 1.82) is 0 Å². The number of carbonyl (C=O) groups is 2. The topological polar surface area (TPSA) is 82.9 Å². The summed E-state index contributed by atoms with van der Waals surface area (Å²) in [6, 6.07) is 20.6. The van der Waals surface area contributed by atoms with Crippen molar-refractivity contribution in [3.05, 3.63) is 105 Å². The summed E-state index contributed by atoms with van der Waals surface area (Å²) in [6.45, 7) is 3.50. The van der Waals surface area contributed by atoms with Gasteiger partial charge in [-0.2, -0.15) is 10.2 Å². The Kier molecular flexibility index (Phi) is 7.76. The molecule has 0 atom stereocenters. The Morgan fingerprint density at radius 1 is 0.625 bits per heavy atom. The number of nitrogens with zero attached hydrogens (tertiary/aromatic N) is 2. The van der Waals surface area contributed by atoms with Gasteiger partial charge in [0.05, 0.1) is 11.4 Å². The molecule has 8 heteroatoms. The van der Waals surface area contributed by atoms with E-state index in [1.165, 1.54) is 24.3 Å². The highest BCUT2D eigenvalue weighted by Gasteiger charge is 2.10. The summed E-state index contributed by atoms with van der Waals surface area (Å²) in [7, 11) is 0. The van der Waals surface area contributed by atoms with Crippen molar-refractivity contribution in [3.63, 3.8) is 0 Å². The zero-order valence-corrected chi connectivity index (χ0v) is 18.9. The molecule has 3 rings (SSSR count). The quantitative estimate of drug-likeness (QED) is 0.381. The van der Waals surface area contributed by atoms with Crippen molar-refractivity contribution in [2.75, 3.05) is 0 Å². The zero-order chi connectivity index (χ0) is 23.1. The number of hydrogen-bond donors (Lipinski definition) is 2. The number of hydrogen-bond acceptors (Lipinski definition) is 4. The van der Waals surface area contributed by atoms with Crippen molar-refractivity contribution in [2.45, 2.75) is 13.8 Å². The van der Waals surface area contributed by atoms with E-state index in [9.17, 15) is 9.59 Å². The first-order chi connectivity index (χ1) is 15.4. The second-order valence-corrected chi connectivity index (χ2v) is 7.63. The maximum absolute atomic E-state index is 12.4. The van der Waals surface area contributed by atoms with E-state index >= 15 is 0 Å². The Morgan fingerprint density at radius 3 is 1.31 bits per heavy atom. The lowest BCUT2D eigenvalue weighted by molar-refractivity contribution is 0.0943. The van der Waals surface area contributed by atoms with Crippen LogP contribution < -0.4 is 10.9 Å². The maximum Gasteiger partial charge on any atom is 0.271 e. The third-order valence-corrected chi connectivity index (χ3v) is 5.25. The van der Waals surface area contributed by atoms with Gasteiger partial charge in [-0.15, -0.1) is 0 Å². The Morgan fingerprint density at radius 2 is 0.969 bits per heavy atom. The number of carbonyl (C=O) groups excluding carboxylic acids is 2. The molecule has 32 heavy (non-hydrogen) atoms. The SMILES string of the molecule is C/C(=N\NC(=O)c1ccc(C(=O)N/N=C(\C)c2ccccc2Cl)cc1)c1ccccc1Cl. The van der Waals surface area contributed by atoms with E-state index in [0.29, 0.717) is 32.6 Å². The molecule has 0 unspecified atom stereocenters. The van der Waals surface area contributed by atoms with E-state index in [1.54, 1.807) is 26.0 Å². The molecule has 0 bridgehead atoms. The fraction of sp³-hybridized carbons (Fsp3) is 0.0833. The average molecular weight is 467 g/mol. The Balaban J connectivity index is 1.63. The van der Waals surface area contributed by atoms with E-state index in [1.807, 2.05) is 36.4 Å². The van der Waals surface area contributed by atoms with Crippen LogP contribution in [-0.2, 0) is 0 Å². The standard InChI is InChI=1S/C24H20Cl2N4O2/c1-15(19-7-3-5-9-21(19)25)27-29-23(31)17-11-13-18(14-12-17)24(32)30-28-16(2)20-8-4-6-10-22(20)26/h3-14H,1-2H3,(H,29,31)(H,30,32)/b27-15+,28-16+. The summed E-state index contributed by atoms with van der Waals surface area (Å²) < 4.78 is 0. The van der Waals surface area contributed by atoms with E-state index in [0.717, 1.165) is 11.1 Å². The minimum atomic E-state index is -0.407. The van der Waals surface area contributed by atoms with E-state index < -0.39 is 11.8 Å². The molecular weight excluding hydrogens is 447 g/mol. The van der Waals surface area contributed by atoms with Gasteiger partial charge in [-0.25, -0.2) is 10.9 Å². The molecule has 0 aliphatic heterocycles. The molecule has 162 valence electrons. The highest BCUT2D eigenvalue weighted by molar-refractivity contribution is 6.34. The Labute approximate surface area is 195 Å². The predicted octanol–water partition coefficient (Wildman–Crippen LogP) is 5.30. The van der Waals surface area contributed by atoms with Crippen LogP contribution in [0.1, 0.15) is 45.7 Å². The maximum atomic E-state index is 12.4. The van der Waals surface area contributed by atoms with Gasteiger partial charge in [0, 0.05) is 32.3 Å². The van der Waals surface area contributed by atoms with Crippen LogP contribution >= 0.6 is 23.2 Å². The first-order valence-corrected chi connectivity index (χ1v) is 10.4. The molecule has 2 amide bonds. The average Bonchev–Trinajstić information content (AvgIpc) is 2.81. The molecule has 6 nitrogen and oxygen atoms in total. The van der Waals surface area contributed by atoms with Gasteiger partial charge in [0.1, 0.15) is 0 Å². The van der Waals surface area contributed by atoms with Crippen LogP contribution in [0.5, 0.6) is 0 Å². The Hall–Kier alpha value is -3.48. The number of halogens is 2. The van der Waals surface area contributed by atoms with Crippen LogP contribution in [0, 0.1) is 0 Å². The fourth-order valence-corrected chi connectivity index (χ4v) is 3.35. The van der Waals surface area contributed by atoms with Gasteiger partial charge >= 0.3 is 0 Å². The van der Waals surface area contributed by atoms with E-state index in [-0.39, 0.29) is 0 Å². The summed E-state index contributed by atoms with van der Waals surface area (Å²) in [5.74, 6) is -0.813. The van der Waals surface area contributed by atoms with Gasteiger partial charge in [-0.3, -0.25) is 9.59 Å². The second kappa shape index (κ2) is 10.7. The normalized spacial score (nSPS) is 11.8. The molecule has 3 aromatic rings. The van der Waals surface area contributed by atoms with Crippen molar-refractivity contribution >= 4 is 46.4 Å². The molecule has 0 saturated heterocycles. The first kappa shape index (κ1) is 23.2. The van der Waals surface area contributed by atoms with Gasteiger partial charge in [0.15, 0.2) is 0 Å². The van der Waals surface area contributed by atoms with Gasteiger partial charge in [-0.1, -0.05) is 59.6 Å². The van der Waals surface area contributed by atoms with Crippen molar-refractivity contribution in [3.8, 4) is 0 Å². The highest BCUT2D eigenvalue weighted by atomic mass is 35.5. The van der Waals surface area contributed by atoms with Crippen LogP contribution in [0.3, 0.4) is 0 Å². The van der Waals surface area contributed by atoms with E-state index in [4.69, 9.17) is 23.2 Å². The molecule has 0 fully saturated rings. The monoisotopic (exact) mass is 466 g/mol. The summed E-state index contributed by atoms with van der Waals surface area (Å²) >= 11 is 12.3. The molecule has 0 spiro atoms. The molecular formula is C24H20Cl2N4O2. The first-order valence-electron chi connectivity index (χ1n) is 9.66. The number of nitrogens with one attached hydrogen (secondary N) is 2. The molecule has 0 radical (unpaired) electrons. The van der Waals surface area contributed by atoms with Crippen LogP contribution in [0.2, 0.25) is 10.0 Å². The number of benzene rings is 3. The number of rotatable bonds is 6. The fourth-order valence-electron chi connectivity index (χ4n) is 2.80. The summed E-state index contributed by atoms with van der Waals surface area (Å²) in [5, 5.41) is 9.29. The largest absolute Gasteiger partial charge is 0.271 e. The summed E-state index contributed by atoms with van der Waals surface area (Å²) in [4.78, 5) is 24.7. The minimum absolute atomic E-state index is 0.355. The van der Waals surface area contributed by atoms with Crippen LogP contribution in [-0.4, -0.2) is 23.2 Å². The Bertz CT molecular complexity index is 1110. The molecule has 2 N–H and O–H groups in total. The molecule has 0 aliphatic carbocycles. The van der Waals surface area contributed by atoms with E-state index in [2.05, 4.69) is 21.1 Å². The van der Waals surface area contributed by atoms with Crippen LogP contribution in [0.4, 0.5) is 0 Å². The van der Waals surface area contributed by atoms with Gasteiger partial charge in [-0.05, 0) is 50.2 Å². The summed E-state index contributed by atoms with van der Waals surface area (Å²) in [6.07, 6.45) is 0. The van der Waals surface area contributed by atoms with Crippen molar-refractivity contribution < 1.29 is 9.59 Å². The smallest absolute Gasteiger partial charge is 0.267 e.